The van der Waals surface area contributed by atoms with Crippen LogP contribution in [0.15, 0.2) is 16.6 Å². The van der Waals surface area contributed by atoms with Crippen molar-refractivity contribution in [3.63, 3.8) is 0 Å². The molecule has 4 nitrogen and oxygen atoms in total. The topological polar surface area (TPSA) is 54.5 Å². The van der Waals surface area contributed by atoms with Gasteiger partial charge in [-0.05, 0) is 47.3 Å². The Labute approximate surface area is 129 Å². The molecule has 0 aromatic heterocycles. The third-order valence-corrected chi connectivity index (χ3v) is 4.72. The van der Waals surface area contributed by atoms with Gasteiger partial charge < -0.3 is 4.90 Å². The van der Waals surface area contributed by atoms with Crippen LogP contribution in [0, 0.1) is 11.7 Å². The minimum absolute atomic E-state index is 0.0313. The van der Waals surface area contributed by atoms with Gasteiger partial charge in [0.2, 0.25) is 0 Å². The highest BCUT2D eigenvalue weighted by Crippen LogP contribution is 2.37. The smallest absolute Gasteiger partial charge is 0.299 e. The van der Waals surface area contributed by atoms with Crippen molar-refractivity contribution < 1.29 is 18.8 Å². The van der Waals surface area contributed by atoms with Gasteiger partial charge in [-0.15, -0.1) is 0 Å². The Morgan fingerprint density at radius 1 is 1.29 bits per heavy atom. The summed E-state index contributed by atoms with van der Waals surface area (Å²) in [7, 11) is 0. The molecule has 1 fully saturated rings. The zero-order valence-electron chi connectivity index (χ0n) is 11.2. The first-order valence-corrected chi connectivity index (χ1v) is 7.66. The number of Topliss-reactive ketones (excluding diaryl/α,β-unsaturated/α-hetero) is 2. The Kier molecular flexibility index (Phi) is 3.65. The van der Waals surface area contributed by atoms with Crippen molar-refractivity contribution in [3.05, 3.63) is 28.0 Å². The van der Waals surface area contributed by atoms with Gasteiger partial charge >= 0.3 is 0 Å². The van der Waals surface area contributed by atoms with Crippen LogP contribution in [0.2, 0.25) is 0 Å². The van der Waals surface area contributed by atoms with Gasteiger partial charge in [0.15, 0.2) is 0 Å². The molecule has 1 aliphatic heterocycles. The average Bonchev–Trinajstić information content (AvgIpc) is 2.93. The Hall–Kier alpha value is -1.56. The fourth-order valence-corrected chi connectivity index (χ4v) is 3.69. The maximum absolute atomic E-state index is 13.4. The van der Waals surface area contributed by atoms with Gasteiger partial charge in [-0.3, -0.25) is 14.4 Å². The fourth-order valence-electron chi connectivity index (χ4n) is 3.04. The molecule has 0 bridgehead atoms. The number of anilines is 1. The first kappa shape index (κ1) is 14.4. The van der Waals surface area contributed by atoms with Crippen molar-refractivity contribution in [3.8, 4) is 0 Å². The summed E-state index contributed by atoms with van der Waals surface area (Å²) in [5.74, 6) is -1.71. The van der Waals surface area contributed by atoms with Gasteiger partial charge in [0.25, 0.3) is 11.7 Å². The van der Waals surface area contributed by atoms with E-state index in [-0.39, 0.29) is 17.3 Å². The van der Waals surface area contributed by atoms with Gasteiger partial charge in [0.05, 0.1) is 11.3 Å². The molecule has 1 heterocycles. The highest BCUT2D eigenvalue weighted by molar-refractivity contribution is 9.10. The molecule has 1 amide bonds. The number of fused-ring (bicyclic) bond motifs is 1. The second-order valence-corrected chi connectivity index (χ2v) is 6.27. The molecule has 0 N–H and O–H groups in total. The van der Waals surface area contributed by atoms with Crippen molar-refractivity contribution in [1.82, 2.24) is 0 Å². The monoisotopic (exact) mass is 353 g/mol. The number of carbonyl (C=O) groups excluding carboxylic acids is 3. The molecule has 2 aliphatic rings. The number of hydrogen-bond donors (Lipinski definition) is 0. The molecule has 1 aromatic carbocycles. The van der Waals surface area contributed by atoms with E-state index < -0.39 is 17.5 Å². The Bertz CT molecular complexity index is 659. The van der Waals surface area contributed by atoms with Crippen LogP contribution in [0.5, 0.6) is 0 Å². The second kappa shape index (κ2) is 5.33. The lowest BCUT2D eigenvalue weighted by atomic mass is 10.0. The normalized spacial score (nSPS) is 21.3. The van der Waals surface area contributed by atoms with Crippen LogP contribution in [0.25, 0.3) is 0 Å². The zero-order chi connectivity index (χ0) is 15.1. The van der Waals surface area contributed by atoms with Gasteiger partial charge in [0, 0.05) is 23.4 Å². The van der Waals surface area contributed by atoms with Crippen LogP contribution in [0.3, 0.4) is 0 Å². The first-order valence-electron chi connectivity index (χ1n) is 6.87. The summed E-state index contributed by atoms with van der Waals surface area (Å²) >= 11 is 3.21. The third kappa shape index (κ3) is 2.41. The molecule has 0 radical (unpaired) electrons. The number of amides is 1. The van der Waals surface area contributed by atoms with E-state index in [1.807, 2.05) is 0 Å². The molecule has 1 saturated carbocycles. The molecule has 110 valence electrons. The summed E-state index contributed by atoms with van der Waals surface area (Å²) in [6, 6.07) is 2.32. The zero-order valence-corrected chi connectivity index (χ0v) is 12.8. The lowest BCUT2D eigenvalue weighted by molar-refractivity contribution is -0.121. The Balaban J connectivity index is 1.85. The van der Waals surface area contributed by atoms with Gasteiger partial charge in [-0.1, -0.05) is 0 Å². The summed E-state index contributed by atoms with van der Waals surface area (Å²) in [6.07, 6.45) is 2.87. The van der Waals surface area contributed by atoms with E-state index in [9.17, 15) is 18.8 Å². The lowest BCUT2D eigenvalue weighted by Crippen LogP contribution is -2.32. The lowest BCUT2D eigenvalue weighted by Gasteiger charge is -2.19. The summed E-state index contributed by atoms with van der Waals surface area (Å²) in [6.45, 7) is 0.304. The average molecular weight is 354 g/mol. The standard InChI is InChI=1S/C15H13BrFNO3/c16-11-7-9(17)6-10-13(11)18(15(21)14(10)20)5-4-8-2-1-3-12(8)19/h6-8H,1-5H2. The summed E-state index contributed by atoms with van der Waals surface area (Å²) in [4.78, 5) is 37.0. The number of hydrogen-bond acceptors (Lipinski definition) is 3. The van der Waals surface area contributed by atoms with Crippen molar-refractivity contribution >= 4 is 39.1 Å². The van der Waals surface area contributed by atoms with Crippen LogP contribution >= 0.6 is 15.9 Å². The number of nitrogens with zero attached hydrogens (tertiary/aromatic N) is 1. The SMILES string of the molecule is O=C1C(=O)N(CCC2CCCC2=O)c2c(Br)cc(F)cc21. The van der Waals surface area contributed by atoms with Crippen molar-refractivity contribution in [1.29, 1.82) is 0 Å². The minimum Gasteiger partial charge on any atom is -0.304 e. The van der Waals surface area contributed by atoms with Gasteiger partial charge in [0.1, 0.15) is 11.6 Å². The molecule has 1 atom stereocenters. The molecule has 0 spiro atoms. The van der Waals surface area contributed by atoms with Crippen LogP contribution in [-0.2, 0) is 9.59 Å². The molecule has 0 saturated heterocycles. The van der Waals surface area contributed by atoms with E-state index in [0.717, 1.165) is 18.9 Å². The Morgan fingerprint density at radius 2 is 2.05 bits per heavy atom. The third-order valence-electron chi connectivity index (χ3n) is 4.11. The Morgan fingerprint density at radius 3 is 2.71 bits per heavy atom. The van der Waals surface area contributed by atoms with Crippen molar-refractivity contribution in [2.24, 2.45) is 5.92 Å². The van der Waals surface area contributed by atoms with E-state index in [2.05, 4.69) is 15.9 Å². The quantitative estimate of drug-likeness (QED) is 0.785. The molecular formula is C15H13BrFNO3. The van der Waals surface area contributed by atoms with Gasteiger partial charge in [-0.25, -0.2) is 4.39 Å². The summed E-state index contributed by atoms with van der Waals surface area (Å²) < 4.78 is 13.8. The van der Waals surface area contributed by atoms with E-state index in [1.54, 1.807) is 0 Å². The van der Waals surface area contributed by atoms with Crippen LogP contribution in [0.1, 0.15) is 36.0 Å². The highest BCUT2D eigenvalue weighted by Gasteiger charge is 2.38. The van der Waals surface area contributed by atoms with Crippen LogP contribution in [-0.4, -0.2) is 24.0 Å². The number of benzene rings is 1. The predicted molar refractivity (Wildman–Crippen MR) is 77.7 cm³/mol. The molecular weight excluding hydrogens is 341 g/mol. The summed E-state index contributed by atoms with van der Waals surface area (Å²) in [5.41, 5.74) is 0.501. The second-order valence-electron chi connectivity index (χ2n) is 5.41. The maximum atomic E-state index is 13.4. The molecule has 1 aromatic rings. The number of rotatable bonds is 3. The van der Waals surface area contributed by atoms with Crippen LogP contribution < -0.4 is 4.90 Å². The number of halogens is 2. The maximum Gasteiger partial charge on any atom is 0.299 e. The largest absolute Gasteiger partial charge is 0.304 e. The van der Waals surface area contributed by atoms with Crippen molar-refractivity contribution in [2.75, 3.05) is 11.4 Å². The first-order chi connectivity index (χ1) is 9.99. The summed E-state index contributed by atoms with van der Waals surface area (Å²) in [5, 5.41) is 0. The molecule has 21 heavy (non-hydrogen) atoms. The van der Waals surface area contributed by atoms with E-state index in [1.165, 1.54) is 11.0 Å². The number of ketones is 2. The molecule has 1 aliphatic carbocycles. The molecule has 6 heteroatoms. The fraction of sp³-hybridized carbons (Fsp3) is 0.400. The molecule has 1 unspecified atom stereocenters. The van der Waals surface area contributed by atoms with E-state index in [4.69, 9.17) is 0 Å². The highest BCUT2D eigenvalue weighted by atomic mass is 79.9. The number of carbonyl (C=O) groups is 3. The van der Waals surface area contributed by atoms with E-state index >= 15 is 0 Å². The predicted octanol–water partition coefficient (Wildman–Crippen LogP) is 2.88. The molecule has 3 rings (SSSR count). The minimum atomic E-state index is -0.692. The van der Waals surface area contributed by atoms with Gasteiger partial charge in [-0.2, -0.15) is 0 Å². The van der Waals surface area contributed by atoms with Crippen molar-refractivity contribution in [2.45, 2.75) is 25.7 Å². The van der Waals surface area contributed by atoms with E-state index in [0.29, 0.717) is 29.5 Å². The van der Waals surface area contributed by atoms with Crippen LogP contribution in [0.4, 0.5) is 10.1 Å².